The SMILES string of the molecule is COc1ccc(CCNc2ncccc2Br)cc1. The minimum Gasteiger partial charge on any atom is -0.497 e. The van der Waals surface area contributed by atoms with Gasteiger partial charge in [0.25, 0.3) is 0 Å². The van der Waals surface area contributed by atoms with Crippen LogP contribution in [-0.2, 0) is 6.42 Å². The largest absolute Gasteiger partial charge is 0.497 e. The summed E-state index contributed by atoms with van der Waals surface area (Å²) in [6.07, 6.45) is 2.73. The van der Waals surface area contributed by atoms with Gasteiger partial charge in [-0.05, 0) is 52.2 Å². The van der Waals surface area contributed by atoms with Gasteiger partial charge in [-0.3, -0.25) is 0 Å². The first kappa shape index (κ1) is 12.9. The Morgan fingerprint density at radius 1 is 1.22 bits per heavy atom. The predicted molar refractivity (Wildman–Crippen MR) is 77.1 cm³/mol. The summed E-state index contributed by atoms with van der Waals surface area (Å²) in [5.74, 6) is 1.77. The van der Waals surface area contributed by atoms with E-state index in [0.717, 1.165) is 29.0 Å². The smallest absolute Gasteiger partial charge is 0.140 e. The Labute approximate surface area is 115 Å². The fourth-order valence-corrected chi connectivity index (χ4v) is 2.03. The van der Waals surface area contributed by atoms with Gasteiger partial charge < -0.3 is 10.1 Å². The number of nitrogens with zero attached hydrogens (tertiary/aromatic N) is 1. The maximum atomic E-state index is 5.13. The normalized spacial score (nSPS) is 10.1. The number of ether oxygens (including phenoxy) is 1. The van der Waals surface area contributed by atoms with E-state index in [0.29, 0.717) is 0 Å². The highest BCUT2D eigenvalue weighted by Gasteiger charge is 1.99. The van der Waals surface area contributed by atoms with Crippen molar-refractivity contribution in [3.63, 3.8) is 0 Å². The summed E-state index contributed by atoms with van der Waals surface area (Å²) < 4.78 is 6.11. The number of halogens is 1. The molecule has 0 amide bonds. The van der Waals surface area contributed by atoms with Gasteiger partial charge in [0.15, 0.2) is 0 Å². The van der Waals surface area contributed by atoms with Crippen LogP contribution in [0.3, 0.4) is 0 Å². The van der Waals surface area contributed by atoms with Crippen LogP contribution < -0.4 is 10.1 Å². The second kappa shape index (κ2) is 6.40. The van der Waals surface area contributed by atoms with E-state index in [9.17, 15) is 0 Å². The number of anilines is 1. The molecule has 1 aromatic heterocycles. The average molecular weight is 307 g/mol. The number of hydrogen-bond acceptors (Lipinski definition) is 3. The van der Waals surface area contributed by atoms with Gasteiger partial charge in [-0.1, -0.05) is 12.1 Å². The fraction of sp³-hybridized carbons (Fsp3) is 0.214. The zero-order valence-electron chi connectivity index (χ0n) is 10.2. The van der Waals surface area contributed by atoms with Crippen molar-refractivity contribution in [2.24, 2.45) is 0 Å². The Kier molecular flexibility index (Phi) is 4.59. The summed E-state index contributed by atoms with van der Waals surface area (Å²) in [5.41, 5.74) is 1.27. The first-order chi connectivity index (χ1) is 8.79. The van der Waals surface area contributed by atoms with E-state index in [4.69, 9.17) is 4.74 Å². The summed E-state index contributed by atoms with van der Waals surface area (Å²) in [4.78, 5) is 4.26. The Hall–Kier alpha value is -1.55. The number of hydrogen-bond donors (Lipinski definition) is 1. The minimum absolute atomic E-state index is 0.849. The Balaban J connectivity index is 1.86. The second-order valence-corrected chi connectivity index (χ2v) is 4.71. The van der Waals surface area contributed by atoms with Gasteiger partial charge in [-0.2, -0.15) is 0 Å². The molecule has 4 heteroatoms. The fourth-order valence-electron chi connectivity index (χ4n) is 1.63. The Morgan fingerprint density at radius 3 is 2.67 bits per heavy atom. The van der Waals surface area contributed by atoms with E-state index in [1.165, 1.54) is 5.56 Å². The highest BCUT2D eigenvalue weighted by atomic mass is 79.9. The number of pyridine rings is 1. The van der Waals surface area contributed by atoms with Crippen molar-refractivity contribution < 1.29 is 4.74 Å². The van der Waals surface area contributed by atoms with E-state index < -0.39 is 0 Å². The van der Waals surface area contributed by atoms with Crippen molar-refractivity contribution >= 4 is 21.7 Å². The predicted octanol–water partition coefficient (Wildman–Crippen LogP) is 3.51. The van der Waals surface area contributed by atoms with Crippen molar-refractivity contribution in [1.82, 2.24) is 4.98 Å². The molecule has 0 saturated carbocycles. The van der Waals surface area contributed by atoms with Gasteiger partial charge in [-0.15, -0.1) is 0 Å². The first-order valence-electron chi connectivity index (χ1n) is 5.77. The lowest BCUT2D eigenvalue weighted by atomic mass is 10.1. The molecule has 2 aromatic rings. The van der Waals surface area contributed by atoms with Crippen molar-refractivity contribution in [3.05, 3.63) is 52.6 Å². The lowest BCUT2D eigenvalue weighted by Crippen LogP contribution is -2.06. The molecule has 18 heavy (non-hydrogen) atoms. The molecule has 0 bridgehead atoms. The van der Waals surface area contributed by atoms with Gasteiger partial charge in [0, 0.05) is 12.7 Å². The minimum atomic E-state index is 0.849. The zero-order chi connectivity index (χ0) is 12.8. The van der Waals surface area contributed by atoms with Crippen LogP contribution in [0.5, 0.6) is 5.75 Å². The monoisotopic (exact) mass is 306 g/mol. The molecule has 0 aliphatic heterocycles. The molecule has 0 aliphatic rings. The third-order valence-electron chi connectivity index (χ3n) is 2.62. The third kappa shape index (κ3) is 3.47. The molecular formula is C14H15BrN2O. The van der Waals surface area contributed by atoms with E-state index in [-0.39, 0.29) is 0 Å². The van der Waals surface area contributed by atoms with Crippen LogP contribution in [0, 0.1) is 0 Å². The molecule has 0 atom stereocenters. The van der Waals surface area contributed by atoms with Crippen LogP contribution in [0.4, 0.5) is 5.82 Å². The van der Waals surface area contributed by atoms with E-state index in [1.54, 1.807) is 13.3 Å². The Bertz CT molecular complexity index is 499. The van der Waals surface area contributed by atoms with Crippen LogP contribution in [0.1, 0.15) is 5.56 Å². The lowest BCUT2D eigenvalue weighted by molar-refractivity contribution is 0.414. The number of benzene rings is 1. The summed E-state index contributed by atoms with van der Waals surface area (Å²) in [6.45, 7) is 0.849. The number of rotatable bonds is 5. The summed E-state index contributed by atoms with van der Waals surface area (Å²) >= 11 is 3.46. The molecule has 3 nitrogen and oxygen atoms in total. The molecule has 0 radical (unpaired) electrons. The van der Waals surface area contributed by atoms with Crippen molar-refractivity contribution in [2.45, 2.75) is 6.42 Å². The molecule has 0 saturated heterocycles. The van der Waals surface area contributed by atoms with Crippen LogP contribution in [0.2, 0.25) is 0 Å². The molecule has 0 spiro atoms. The first-order valence-corrected chi connectivity index (χ1v) is 6.56. The molecule has 0 unspecified atom stereocenters. The van der Waals surface area contributed by atoms with Crippen LogP contribution >= 0.6 is 15.9 Å². The maximum absolute atomic E-state index is 5.13. The zero-order valence-corrected chi connectivity index (χ0v) is 11.8. The van der Waals surface area contributed by atoms with Gasteiger partial charge in [-0.25, -0.2) is 4.98 Å². The standard InChI is InChI=1S/C14H15BrN2O/c1-18-12-6-4-11(5-7-12)8-10-17-14-13(15)3-2-9-16-14/h2-7,9H,8,10H2,1H3,(H,16,17). The summed E-state index contributed by atoms with van der Waals surface area (Å²) in [6, 6.07) is 12.0. The molecule has 0 fully saturated rings. The summed E-state index contributed by atoms with van der Waals surface area (Å²) in [5, 5.41) is 3.30. The van der Waals surface area contributed by atoms with E-state index in [1.807, 2.05) is 24.3 Å². The highest BCUT2D eigenvalue weighted by Crippen LogP contribution is 2.18. The van der Waals surface area contributed by atoms with Crippen molar-refractivity contribution in [1.29, 1.82) is 0 Å². The van der Waals surface area contributed by atoms with Crippen LogP contribution in [0.15, 0.2) is 47.1 Å². The van der Waals surface area contributed by atoms with E-state index in [2.05, 4.69) is 38.4 Å². The number of nitrogens with one attached hydrogen (secondary N) is 1. The second-order valence-electron chi connectivity index (χ2n) is 3.86. The summed E-state index contributed by atoms with van der Waals surface area (Å²) in [7, 11) is 1.68. The van der Waals surface area contributed by atoms with Gasteiger partial charge >= 0.3 is 0 Å². The number of methoxy groups -OCH3 is 1. The number of aromatic nitrogens is 1. The molecule has 0 aliphatic carbocycles. The van der Waals surface area contributed by atoms with E-state index >= 15 is 0 Å². The molecular weight excluding hydrogens is 292 g/mol. The third-order valence-corrected chi connectivity index (χ3v) is 3.26. The average Bonchev–Trinajstić information content (AvgIpc) is 2.42. The lowest BCUT2D eigenvalue weighted by Gasteiger charge is -2.07. The molecule has 1 N–H and O–H groups in total. The molecule has 94 valence electrons. The van der Waals surface area contributed by atoms with Crippen LogP contribution in [0.25, 0.3) is 0 Å². The molecule has 1 aromatic carbocycles. The highest BCUT2D eigenvalue weighted by molar-refractivity contribution is 9.10. The maximum Gasteiger partial charge on any atom is 0.140 e. The van der Waals surface area contributed by atoms with Crippen molar-refractivity contribution in [3.8, 4) is 5.75 Å². The molecule has 1 heterocycles. The van der Waals surface area contributed by atoms with Crippen LogP contribution in [-0.4, -0.2) is 18.6 Å². The molecule has 2 rings (SSSR count). The topological polar surface area (TPSA) is 34.1 Å². The quantitative estimate of drug-likeness (QED) is 0.918. The Morgan fingerprint density at radius 2 is 2.00 bits per heavy atom. The van der Waals surface area contributed by atoms with Crippen molar-refractivity contribution in [2.75, 3.05) is 19.0 Å². The van der Waals surface area contributed by atoms with Gasteiger partial charge in [0.1, 0.15) is 11.6 Å². The van der Waals surface area contributed by atoms with Gasteiger partial charge in [0.05, 0.1) is 11.6 Å². The van der Waals surface area contributed by atoms with Gasteiger partial charge in [0.2, 0.25) is 0 Å².